The Hall–Kier alpha value is -2.34. The summed E-state index contributed by atoms with van der Waals surface area (Å²) < 4.78 is 9.47. The largest absolute Gasteiger partial charge is 0.465 e. The molecule has 0 radical (unpaired) electrons. The highest BCUT2D eigenvalue weighted by Gasteiger charge is 2.26. The molecule has 0 atom stereocenters. The molecule has 6 heteroatoms. The molecular weight excluding hydrogens is 290 g/mol. The maximum absolute atomic E-state index is 11.9. The van der Waals surface area contributed by atoms with E-state index in [1.165, 1.54) is 25.6 Å². The number of methoxy groups -OCH3 is 2. The number of nitrogens with one attached hydrogen (secondary N) is 1. The fourth-order valence-electron chi connectivity index (χ4n) is 1.87. The molecule has 0 aliphatic carbocycles. The number of para-hydroxylation sites is 1. The molecule has 5 nitrogen and oxygen atoms in total. The summed E-state index contributed by atoms with van der Waals surface area (Å²) in [5.41, 5.74) is 1.78. The molecule has 0 saturated heterocycles. The lowest BCUT2D eigenvalue weighted by atomic mass is 10.1. The van der Waals surface area contributed by atoms with Gasteiger partial charge in [0.25, 0.3) is 0 Å². The summed E-state index contributed by atoms with van der Waals surface area (Å²) in [7, 11) is 2.56. The fraction of sp³-hybridized carbons (Fsp3) is 0.200. The maximum atomic E-state index is 11.9. The van der Waals surface area contributed by atoms with Crippen molar-refractivity contribution < 1.29 is 19.1 Å². The molecule has 2 rings (SSSR count). The smallest absolute Gasteiger partial charge is 0.349 e. The van der Waals surface area contributed by atoms with Gasteiger partial charge in [0.15, 0.2) is 0 Å². The average molecular weight is 305 g/mol. The number of hydrogen-bond donors (Lipinski definition) is 1. The molecule has 0 unspecified atom stereocenters. The van der Waals surface area contributed by atoms with Gasteiger partial charge in [-0.25, -0.2) is 9.59 Å². The molecule has 1 heterocycles. The number of thiophene rings is 1. The highest BCUT2D eigenvalue weighted by molar-refractivity contribution is 7.18. The first kappa shape index (κ1) is 15.1. The van der Waals surface area contributed by atoms with Gasteiger partial charge in [0.2, 0.25) is 0 Å². The van der Waals surface area contributed by atoms with Crippen LogP contribution in [0.25, 0.3) is 0 Å². The maximum Gasteiger partial charge on any atom is 0.349 e. The predicted molar refractivity (Wildman–Crippen MR) is 81.5 cm³/mol. The van der Waals surface area contributed by atoms with Gasteiger partial charge >= 0.3 is 11.9 Å². The number of carbonyl (C=O) groups excluding carboxylic acids is 2. The summed E-state index contributed by atoms with van der Waals surface area (Å²) in [6.07, 6.45) is 0. The third-order valence-electron chi connectivity index (χ3n) is 2.94. The van der Waals surface area contributed by atoms with Crippen LogP contribution >= 0.6 is 11.3 Å². The number of ether oxygens (including phenoxy) is 2. The van der Waals surface area contributed by atoms with Crippen LogP contribution in [-0.2, 0) is 9.47 Å². The minimum Gasteiger partial charge on any atom is -0.465 e. The third-order valence-corrected chi connectivity index (χ3v) is 4.13. The Bertz CT molecular complexity index is 664. The lowest BCUT2D eigenvalue weighted by Crippen LogP contribution is -2.09. The van der Waals surface area contributed by atoms with Crippen molar-refractivity contribution in [2.45, 2.75) is 6.92 Å². The molecule has 0 aliphatic rings. The number of esters is 2. The topological polar surface area (TPSA) is 64.6 Å². The molecule has 0 saturated carbocycles. The van der Waals surface area contributed by atoms with Crippen LogP contribution in [0.5, 0.6) is 0 Å². The monoisotopic (exact) mass is 305 g/mol. The first-order chi connectivity index (χ1) is 10.1. The van der Waals surface area contributed by atoms with Crippen LogP contribution in [0.4, 0.5) is 10.7 Å². The first-order valence-corrected chi connectivity index (χ1v) is 7.02. The second kappa shape index (κ2) is 6.41. The van der Waals surface area contributed by atoms with Crippen molar-refractivity contribution in [3.63, 3.8) is 0 Å². The first-order valence-electron chi connectivity index (χ1n) is 6.20. The summed E-state index contributed by atoms with van der Waals surface area (Å²) >= 11 is 1.17. The summed E-state index contributed by atoms with van der Waals surface area (Å²) in [5, 5.41) is 3.90. The van der Waals surface area contributed by atoms with Gasteiger partial charge in [0.1, 0.15) is 4.88 Å². The van der Waals surface area contributed by atoms with E-state index in [0.717, 1.165) is 5.69 Å². The van der Waals surface area contributed by atoms with E-state index in [0.29, 0.717) is 10.6 Å². The van der Waals surface area contributed by atoms with Gasteiger partial charge in [0, 0.05) is 5.69 Å². The van der Waals surface area contributed by atoms with Crippen molar-refractivity contribution in [1.82, 2.24) is 0 Å². The summed E-state index contributed by atoms with van der Waals surface area (Å²) in [4.78, 5) is 24.0. The van der Waals surface area contributed by atoms with Gasteiger partial charge < -0.3 is 14.8 Å². The molecule has 21 heavy (non-hydrogen) atoms. The zero-order valence-corrected chi connectivity index (χ0v) is 12.7. The van der Waals surface area contributed by atoms with Crippen LogP contribution in [-0.4, -0.2) is 26.2 Å². The zero-order chi connectivity index (χ0) is 15.4. The molecule has 110 valence electrons. The van der Waals surface area contributed by atoms with Crippen LogP contribution in [0, 0.1) is 6.92 Å². The number of carbonyl (C=O) groups is 2. The van der Waals surface area contributed by atoms with E-state index >= 15 is 0 Å². The Morgan fingerprint density at radius 1 is 1.05 bits per heavy atom. The van der Waals surface area contributed by atoms with E-state index in [-0.39, 0.29) is 10.4 Å². The van der Waals surface area contributed by atoms with Crippen molar-refractivity contribution in [3.05, 3.63) is 46.3 Å². The number of hydrogen-bond acceptors (Lipinski definition) is 6. The van der Waals surface area contributed by atoms with E-state index < -0.39 is 11.9 Å². The minimum absolute atomic E-state index is 0.236. The van der Waals surface area contributed by atoms with Crippen molar-refractivity contribution in [1.29, 1.82) is 0 Å². The van der Waals surface area contributed by atoms with Gasteiger partial charge in [-0.05, 0) is 24.6 Å². The van der Waals surface area contributed by atoms with Gasteiger partial charge in [0.05, 0.1) is 24.8 Å². The number of benzene rings is 1. The Morgan fingerprint density at radius 2 is 1.67 bits per heavy atom. The van der Waals surface area contributed by atoms with Gasteiger partial charge in [-0.1, -0.05) is 18.2 Å². The Labute approximate surface area is 126 Å². The normalized spacial score (nSPS) is 10.0. The molecule has 2 aromatic rings. The lowest BCUT2D eigenvalue weighted by molar-refractivity contribution is 0.0559. The average Bonchev–Trinajstić information content (AvgIpc) is 2.83. The molecule has 1 aromatic carbocycles. The Balaban J connectivity index is 2.46. The van der Waals surface area contributed by atoms with E-state index in [1.54, 1.807) is 6.92 Å². The van der Waals surface area contributed by atoms with E-state index in [2.05, 4.69) is 5.32 Å². The molecule has 0 bridgehead atoms. The van der Waals surface area contributed by atoms with E-state index in [4.69, 9.17) is 9.47 Å². The quantitative estimate of drug-likeness (QED) is 0.877. The molecule has 1 aromatic heterocycles. The minimum atomic E-state index is -0.551. The van der Waals surface area contributed by atoms with Crippen LogP contribution in [0.3, 0.4) is 0 Å². The van der Waals surface area contributed by atoms with E-state index in [1.807, 2.05) is 30.3 Å². The summed E-state index contributed by atoms with van der Waals surface area (Å²) in [6, 6.07) is 9.50. The SMILES string of the molecule is COC(=O)c1sc(Nc2ccccc2)c(C)c1C(=O)OC. The summed E-state index contributed by atoms with van der Waals surface area (Å²) in [5.74, 6) is -1.10. The predicted octanol–water partition coefficient (Wildman–Crippen LogP) is 3.37. The van der Waals surface area contributed by atoms with Crippen LogP contribution in [0.15, 0.2) is 30.3 Å². The Morgan fingerprint density at radius 3 is 2.24 bits per heavy atom. The highest BCUT2D eigenvalue weighted by atomic mass is 32.1. The number of rotatable bonds is 4. The highest BCUT2D eigenvalue weighted by Crippen LogP contribution is 2.35. The molecule has 0 spiro atoms. The van der Waals surface area contributed by atoms with E-state index in [9.17, 15) is 9.59 Å². The molecule has 0 amide bonds. The van der Waals surface area contributed by atoms with Crippen LogP contribution < -0.4 is 5.32 Å². The van der Waals surface area contributed by atoms with Crippen molar-refractivity contribution in [2.24, 2.45) is 0 Å². The van der Waals surface area contributed by atoms with Crippen molar-refractivity contribution >= 4 is 34.0 Å². The molecule has 1 N–H and O–H groups in total. The lowest BCUT2D eigenvalue weighted by Gasteiger charge is -2.05. The van der Waals surface area contributed by atoms with Gasteiger partial charge in [-0.15, -0.1) is 11.3 Å². The molecule has 0 fully saturated rings. The zero-order valence-electron chi connectivity index (χ0n) is 11.9. The second-order valence-electron chi connectivity index (χ2n) is 4.23. The molecular formula is C15H15NO4S. The fourth-order valence-corrected chi connectivity index (χ4v) is 3.00. The van der Waals surface area contributed by atoms with Crippen molar-refractivity contribution in [2.75, 3.05) is 19.5 Å². The summed E-state index contributed by atoms with van der Waals surface area (Å²) in [6.45, 7) is 1.76. The third kappa shape index (κ3) is 3.05. The van der Waals surface area contributed by atoms with Crippen LogP contribution in [0.2, 0.25) is 0 Å². The molecule has 0 aliphatic heterocycles. The second-order valence-corrected chi connectivity index (χ2v) is 5.26. The van der Waals surface area contributed by atoms with Gasteiger partial charge in [-0.2, -0.15) is 0 Å². The number of anilines is 2. The van der Waals surface area contributed by atoms with Gasteiger partial charge in [-0.3, -0.25) is 0 Å². The van der Waals surface area contributed by atoms with Crippen molar-refractivity contribution in [3.8, 4) is 0 Å². The van der Waals surface area contributed by atoms with Crippen LogP contribution in [0.1, 0.15) is 25.6 Å². The standard InChI is InChI=1S/C15H15NO4S/c1-9-11(14(17)19-2)12(15(18)20-3)21-13(9)16-10-7-5-4-6-8-10/h4-8,16H,1-3H3. The Kier molecular flexibility index (Phi) is 4.59.